The second kappa shape index (κ2) is 7.54. The van der Waals surface area contributed by atoms with Crippen molar-refractivity contribution >= 4 is 23.3 Å². The highest BCUT2D eigenvalue weighted by atomic mass is 32.2. The van der Waals surface area contributed by atoms with Crippen molar-refractivity contribution in [2.45, 2.75) is 22.8 Å². The van der Waals surface area contributed by atoms with E-state index in [-0.39, 0.29) is 6.10 Å². The fourth-order valence-corrected chi connectivity index (χ4v) is 3.18. The van der Waals surface area contributed by atoms with Gasteiger partial charge in [0.15, 0.2) is 5.82 Å². The van der Waals surface area contributed by atoms with Gasteiger partial charge in [-0.2, -0.15) is 9.36 Å². The van der Waals surface area contributed by atoms with Crippen molar-refractivity contribution in [3.63, 3.8) is 0 Å². The van der Waals surface area contributed by atoms with Crippen molar-refractivity contribution < 1.29 is 9.47 Å². The molecule has 0 bridgehead atoms. The van der Waals surface area contributed by atoms with E-state index in [2.05, 4.69) is 14.3 Å². The molecule has 1 atom stereocenters. The molecular formula is C16H15N3O2S2. The highest BCUT2D eigenvalue weighted by Gasteiger charge is 2.12. The van der Waals surface area contributed by atoms with Crippen LogP contribution in [0.3, 0.4) is 0 Å². The topological polar surface area (TPSA) is 57.1 Å². The van der Waals surface area contributed by atoms with Crippen molar-refractivity contribution in [2.75, 3.05) is 7.11 Å². The quantitative estimate of drug-likeness (QED) is 0.651. The molecule has 3 rings (SSSR count). The van der Waals surface area contributed by atoms with E-state index >= 15 is 0 Å². The first-order valence-corrected chi connectivity index (χ1v) is 8.56. The molecule has 2 heterocycles. The van der Waals surface area contributed by atoms with Gasteiger partial charge in [0.2, 0.25) is 0 Å². The summed E-state index contributed by atoms with van der Waals surface area (Å²) in [5.74, 6) is 1.37. The molecular weight excluding hydrogens is 330 g/mol. The number of methoxy groups -OCH3 is 1. The van der Waals surface area contributed by atoms with E-state index in [1.807, 2.05) is 43.3 Å². The first-order valence-electron chi connectivity index (χ1n) is 6.97. The summed E-state index contributed by atoms with van der Waals surface area (Å²) in [4.78, 5) is 10.6. The van der Waals surface area contributed by atoms with Gasteiger partial charge in [0.05, 0.1) is 0 Å². The fraction of sp³-hybridized carbons (Fsp3) is 0.188. The number of nitrogens with zero attached hydrogens (tertiary/aromatic N) is 3. The molecule has 1 aromatic carbocycles. The Kier molecular flexibility index (Phi) is 5.22. The maximum atomic E-state index is 5.73. The van der Waals surface area contributed by atoms with Crippen molar-refractivity contribution in [3.05, 3.63) is 54.6 Å². The predicted molar refractivity (Wildman–Crippen MR) is 90.2 cm³/mol. The van der Waals surface area contributed by atoms with Gasteiger partial charge in [0, 0.05) is 40.8 Å². The maximum Gasteiger partial charge on any atom is 0.298 e. The number of hydrogen-bond acceptors (Lipinski definition) is 7. The second-order valence-corrected chi connectivity index (χ2v) is 6.52. The lowest BCUT2D eigenvalue weighted by Crippen LogP contribution is -1.97. The van der Waals surface area contributed by atoms with E-state index in [0.717, 1.165) is 15.5 Å². The lowest BCUT2D eigenvalue weighted by Gasteiger charge is -2.04. The molecule has 1 unspecified atom stereocenters. The monoisotopic (exact) mass is 345 g/mol. The van der Waals surface area contributed by atoms with Crippen LogP contribution >= 0.6 is 23.3 Å². The summed E-state index contributed by atoms with van der Waals surface area (Å²) in [6.07, 6.45) is 3.43. The Balaban J connectivity index is 1.64. The van der Waals surface area contributed by atoms with Gasteiger partial charge in [0.25, 0.3) is 5.19 Å². The Morgan fingerprint density at radius 3 is 2.43 bits per heavy atom. The lowest BCUT2D eigenvalue weighted by atomic mass is 10.3. The predicted octanol–water partition coefficient (Wildman–Crippen LogP) is 4.58. The first-order chi connectivity index (χ1) is 11.2. The minimum Gasteiger partial charge on any atom is -0.430 e. The summed E-state index contributed by atoms with van der Waals surface area (Å²) >= 11 is 2.90. The van der Waals surface area contributed by atoms with Crippen LogP contribution in [0.15, 0.2) is 58.6 Å². The molecule has 0 aliphatic carbocycles. The van der Waals surface area contributed by atoms with E-state index in [9.17, 15) is 0 Å². The van der Waals surface area contributed by atoms with Crippen LogP contribution in [0.1, 0.15) is 18.9 Å². The van der Waals surface area contributed by atoms with E-state index in [1.165, 1.54) is 11.5 Å². The molecule has 0 saturated carbocycles. The molecule has 0 fully saturated rings. The van der Waals surface area contributed by atoms with Crippen molar-refractivity contribution in [1.29, 1.82) is 0 Å². The Morgan fingerprint density at radius 2 is 1.74 bits per heavy atom. The molecule has 23 heavy (non-hydrogen) atoms. The summed E-state index contributed by atoms with van der Waals surface area (Å²) < 4.78 is 15.1. The van der Waals surface area contributed by atoms with Crippen LogP contribution in [0, 0.1) is 0 Å². The van der Waals surface area contributed by atoms with Crippen LogP contribution in [0.5, 0.6) is 10.9 Å². The van der Waals surface area contributed by atoms with Crippen molar-refractivity contribution in [1.82, 2.24) is 14.3 Å². The summed E-state index contributed by atoms with van der Waals surface area (Å²) in [7, 11) is 1.63. The minimum absolute atomic E-state index is 0.136. The van der Waals surface area contributed by atoms with Crippen LogP contribution in [0.4, 0.5) is 0 Å². The molecule has 0 N–H and O–H groups in total. The highest BCUT2D eigenvalue weighted by Crippen LogP contribution is 2.30. The second-order valence-electron chi connectivity index (χ2n) is 4.65. The zero-order chi connectivity index (χ0) is 16.1. The summed E-state index contributed by atoms with van der Waals surface area (Å²) in [5, 5.41) is 0.512. The average Bonchev–Trinajstić information content (AvgIpc) is 3.05. The van der Waals surface area contributed by atoms with Crippen molar-refractivity contribution in [2.24, 2.45) is 0 Å². The van der Waals surface area contributed by atoms with Crippen LogP contribution < -0.4 is 4.74 Å². The average molecular weight is 345 g/mol. The molecule has 7 heteroatoms. The summed E-state index contributed by atoms with van der Waals surface area (Å²) in [5.41, 5.74) is 0. The molecule has 0 amide bonds. The normalized spacial score (nSPS) is 12.1. The van der Waals surface area contributed by atoms with Crippen LogP contribution in [-0.2, 0) is 4.74 Å². The zero-order valence-corrected chi connectivity index (χ0v) is 14.3. The fourth-order valence-electron chi connectivity index (χ4n) is 1.75. The lowest BCUT2D eigenvalue weighted by molar-refractivity contribution is 0.113. The van der Waals surface area contributed by atoms with Gasteiger partial charge >= 0.3 is 0 Å². The maximum absolute atomic E-state index is 5.73. The molecule has 3 aromatic rings. The zero-order valence-electron chi connectivity index (χ0n) is 12.7. The molecule has 0 spiro atoms. The molecule has 0 aliphatic heterocycles. The smallest absolute Gasteiger partial charge is 0.298 e. The Labute approximate surface area is 142 Å². The number of ether oxygens (including phenoxy) is 2. The van der Waals surface area contributed by atoms with E-state index in [1.54, 1.807) is 31.3 Å². The molecule has 118 valence electrons. The van der Waals surface area contributed by atoms with Gasteiger partial charge in [-0.15, -0.1) is 0 Å². The van der Waals surface area contributed by atoms with Gasteiger partial charge in [-0.3, -0.25) is 4.98 Å². The number of rotatable bonds is 6. The third-order valence-electron chi connectivity index (χ3n) is 3.05. The molecule has 5 nitrogen and oxygen atoms in total. The van der Waals surface area contributed by atoms with Gasteiger partial charge in [-0.1, -0.05) is 11.8 Å². The SMILES string of the molecule is COC(C)c1nsc(Oc2ccc(Sc3ccncc3)cc2)n1. The van der Waals surface area contributed by atoms with Crippen LogP contribution in [-0.4, -0.2) is 21.5 Å². The summed E-state index contributed by atoms with van der Waals surface area (Å²) in [6, 6.07) is 11.8. The highest BCUT2D eigenvalue weighted by molar-refractivity contribution is 7.99. The third kappa shape index (κ3) is 4.28. The van der Waals surface area contributed by atoms with E-state index in [0.29, 0.717) is 11.0 Å². The largest absolute Gasteiger partial charge is 0.430 e. The Bertz CT molecular complexity index is 748. The molecule has 2 aromatic heterocycles. The molecule has 0 aliphatic rings. The minimum atomic E-state index is -0.136. The van der Waals surface area contributed by atoms with Gasteiger partial charge in [-0.25, -0.2) is 0 Å². The van der Waals surface area contributed by atoms with E-state index < -0.39 is 0 Å². The standard InChI is InChI=1S/C16H15N3O2S2/c1-11(20-2)15-18-16(23-19-15)21-12-3-5-13(6-4-12)22-14-7-9-17-10-8-14/h3-11H,1-2H3. The number of benzene rings is 1. The van der Waals surface area contributed by atoms with Crippen LogP contribution in [0.2, 0.25) is 0 Å². The first kappa shape index (κ1) is 15.9. The Morgan fingerprint density at radius 1 is 1.04 bits per heavy atom. The van der Waals surface area contributed by atoms with E-state index in [4.69, 9.17) is 9.47 Å². The number of aromatic nitrogens is 3. The number of hydrogen-bond donors (Lipinski definition) is 0. The van der Waals surface area contributed by atoms with Crippen molar-refractivity contribution in [3.8, 4) is 10.9 Å². The van der Waals surface area contributed by atoms with Gasteiger partial charge in [-0.05, 0) is 43.3 Å². The summed E-state index contributed by atoms with van der Waals surface area (Å²) in [6.45, 7) is 1.90. The molecule has 0 radical (unpaired) electrons. The molecule has 0 saturated heterocycles. The third-order valence-corrected chi connectivity index (χ3v) is 4.68. The number of pyridine rings is 1. The van der Waals surface area contributed by atoms with Crippen LogP contribution in [0.25, 0.3) is 0 Å². The van der Waals surface area contributed by atoms with Gasteiger partial charge < -0.3 is 9.47 Å². The Hall–Kier alpha value is -1.96. The van der Waals surface area contributed by atoms with Gasteiger partial charge in [0.1, 0.15) is 11.9 Å².